The van der Waals surface area contributed by atoms with E-state index >= 15 is 0 Å². The molecule has 0 fully saturated rings. The molecule has 168 valence electrons. The van der Waals surface area contributed by atoms with Gasteiger partial charge in [-0.2, -0.15) is 0 Å². The molecule has 2 aromatic rings. The van der Waals surface area contributed by atoms with Crippen LogP contribution in [-0.4, -0.2) is 43.0 Å². The SMILES string of the molecule is CCNc1ccc(C(=C2C=CC(=[N+](CC)CC)C=C2)c2ccc(N(CC)CC)cc2)cc1. The Bertz CT molecular complexity index is 977. The highest BCUT2D eigenvalue weighted by molar-refractivity contribution is 6.04. The van der Waals surface area contributed by atoms with E-state index in [1.165, 1.54) is 33.7 Å². The summed E-state index contributed by atoms with van der Waals surface area (Å²) in [5, 5.41) is 3.40. The zero-order chi connectivity index (χ0) is 22.9. The summed E-state index contributed by atoms with van der Waals surface area (Å²) in [7, 11) is 0. The van der Waals surface area contributed by atoms with Crippen LogP contribution in [0.2, 0.25) is 0 Å². The van der Waals surface area contributed by atoms with Crippen LogP contribution in [0.25, 0.3) is 5.57 Å². The lowest BCUT2D eigenvalue weighted by molar-refractivity contribution is -0.519. The van der Waals surface area contributed by atoms with Gasteiger partial charge in [-0.3, -0.25) is 0 Å². The average molecular weight is 429 g/mol. The van der Waals surface area contributed by atoms with Gasteiger partial charge in [0.2, 0.25) is 0 Å². The third kappa shape index (κ3) is 5.40. The van der Waals surface area contributed by atoms with Gasteiger partial charge < -0.3 is 10.2 Å². The largest absolute Gasteiger partial charge is 0.385 e. The normalized spacial score (nSPS) is 12.8. The molecule has 0 saturated heterocycles. The first-order chi connectivity index (χ1) is 15.6. The van der Waals surface area contributed by atoms with E-state index in [1.807, 2.05) is 0 Å². The van der Waals surface area contributed by atoms with Gasteiger partial charge >= 0.3 is 0 Å². The predicted molar refractivity (Wildman–Crippen MR) is 141 cm³/mol. The summed E-state index contributed by atoms with van der Waals surface area (Å²) in [6, 6.07) is 17.8. The summed E-state index contributed by atoms with van der Waals surface area (Å²) in [4.78, 5) is 2.38. The molecule has 0 aliphatic heterocycles. The van der Waals surface area contributed by atoms with E-state index < -0.39 is 0 Å². The second-order valence-electron chi connectivity index (χ2n) is 7.92. The Labute approximate surface area is 194 Å². The number of hydrogen-bond acceptors (Lipinski definition) is 2. The summed E-state index contributed by atoms with van der Waals surface area (Å²) < 4.78 is 2.38. The van der Waals surface area contributed by atoms with Gasteiger partial charge in [-0.15, -0.1) is 0 Å². The summed E-state index contributed by atoms with van der Waals surface area (Å²) in [6.45, 7) is 16.0. The van der Waals surface area contributed by atoms with Gasteiger partial charge in [0.15, 0.2) is 5.71 Å². The van der Waals surface area contributed by atoms with Gasteiger partial charge in [-0.1, -0.05) is 24.3 Å². The Morgan fingerprint density at radius 1 is 0.719 bits per heavy atom. The number of anilines is 2. The van der Waals surface area contributed by atoms with Crippen LogP contribution >= 0.6 is 0 Å². The molecule has 0 spiro atoms. The third-order valence-corrected chi connectivity index (χ3v) is 6.12. The van der Waals surface area contributed by atoms with E-state index in [-0.39, 0.29) is 0 Å². The molecule has 0 aromatic heterocycles. The van der Waals surface area contributed by atoms with Crippen molar-refractivity contribution in [1.82, 2.24) is 0 Å². The molecule has 0 unspecified atom stereocenters. The van der Waals surface area contributed by atoms with Crippen molar-refractivity contribution in [3.63, 3.8) is 0 Å². The Balaban J connectivity index is 2.07. The topological polar surface area (TPSA) is 18.3 Å². The molecule has 32 heavy (non-hydrogen) atoms. The first-order valence-corrected chi connectivity index (χ1v) is 12.1. The van der Waals surface area contributed by atoms with E-state index in [2.05, 4.69) is 122 Å². The zero-order valence-corrected chi connectivity index (χ0v) is 20.4. The summed E-state index contributed by atoms with van der Waals surface area (Å²) in [5.41, 5.74) is 8.70. The molecule has 0 heterocycles. The molecular formula is C29H38N3+. The van der Waals surface area contributed by atoms with Crippen molar-refractivity contribution in [3.8, 4) is 0 Å². The maximum atomic E-state index is 3.40. The fourth-order valence-corrected chi connectivity index (χ4v) is 4.31. The lowest BCUT2D eigenvalue weighted by atomic mass is 9.90. The van der Waals surface area contributed by atoms with Gasteiger partial charge in [0.05, 0.1) is 0 Å². The zero-order valence-electron chi connectivity index (χ0n) is 20.4. The molecule has 1 aliphatic carbocycles. The summed E-state index contributed by atoms with van der Waals surface area (Å²) >= 11 is 0. The summed E-state index contributed by atoms with van der Waals surface area (Å²) in [6.07, 6.45) is 9.03. The molecule has 0 atom stereocenters. The highest BCUT2D eigenvalue weighted by atomic mass is 15.1. The Morgan fingerprint density at radius 2 is 1.25 bits per heavy atom. The van der Waals surface area contributed by atoms with Crippen molar-refractivity contribution in [2.75, 3.05) is 42.9 Å². The molecule has 3 nitrogen and oxygen atoms in total. The van der Waals surface area contributed by atoms with Crippen LogP contribution in [-0.2, 0) is 0 Å². The highest BCUT2D eigenvalue weighted by Crippen LogP contribution is 2.31. The van der Waals surface area contributed by atoms with Gasteiger partial charge in [0.25, 0.3) is 0 Å². The molecule has 0 amide bonds. The van der Waals surface area contributed by atoms with Crippen molar-refractivity contribution in [3.05, 3.63) is 89.5 Å². The molecule has 1 aliphatic rings. The van der Waals surface area contributed by atoms with Crippen LogP contribution in [0.4, 0.5) is 11.4 Å². The van der Waals surface area contributed by atoms with Gasteiger partial charge in [0.1, 0.15) is 13.1 Å². The van der Waals surface area contributed by atoms with Crippen LogP contribution in [0.5, 0.6) is 0 Å². The van der Waals surface area contributed by atoms with Crippen LogP contribution in [0, 0.1) is 0 Å². The van der Waals surface area contributed by atoms with Crippen molar-refractivity contribution >= 4 is 22.7 Å². The first-order valence-electron chi connectivity index (χ1n) is 12.1. The Kier molecular flexibility index (Phi) is 8.49. The maximum Gasteiger partial charge on any atom is 0.199 e. The smallest absolute Gasteiger partial charge is 0.199 e. The van der Waals surface area contributed by atoms with E-state index in [9.17, 15) is 0 Å². The number of nitrogens with one attached hydrogen (secondary N) is 1. The molecule has 2 aromatic carbocycles. The minimum atomic E-state index is 0.926. The average Bonchev–Trinajstić information content (AvgIpc) is 2.84. The first kappa shape index (κ1) is 23.6. The van der Waals surface area contributed by atoms with E-state index in [0.717, 1.165) is 38.4 Å². The van der Waals surface area contributed by atoms with E-state index in [1.54, 1.807) is 0 Å². The fourth-order valence-electron chi connectivity index (χ4n) is 4.31. The molecule has 0 saturated carbocycles. The molecule has 3 heteroatoms. The quantitative estimate of drug-likeness (QED) is 0.467. The third-order valence-electron chi connectivity index (χ3n) is 6.12. The van der Waals surface area contributed by atoms with Gasteiger partial charge in [-0.05, 0) is 93.3 Å². The van der Waals surface area contributed by atoms with Gasteiger partial charge in [0, 0.05) is 43.2 Å². The van der Waals surface area contributed by atoms with E-state index in [0.29, 0.717) is 0 Å². The number of nitrogens with zero attached hydrogens (tertiary/aromatic N) is 2. The predicted octanol–water partition coefficient (Wildman–Crippen LogP) is 6.39. The van der Waals surface area contributed by atoms with Gasteiger partial charge in [-0.25, -0.2) is 4.58 Å². The van der Waals surface area contributed by atoms with Crippen molar-refractivity contribution in [2.24, 2.45) is 0 Å². The Morgan fingerprint density at radius 3 is 1.72 bits per heavy atom. The lowest BCUT2D eigenvalue weighted by Crippen LogP contribution is -2.21. The summed E-state index contributed by atoms with van der Waals surface area (Å²) in [5.74, 6) is 0. The van der Waals surface area contributed by atoms with Crippen molar-refractivity contribution in [1.29, 1.82) is 0 Å². The van der Waals surface area contributed by atoms with Crippen LogP contribution in [0.1, 0.15) is 45.7 Å². The highest BCUT2D eigenvalue weighted by Gasteiger charge is 2.15. The number of hydrogen-bond donors (Lipinski definition) is 1. The molecule has 1 N–H and O–H groups in total. The molecular weight excluding hydrogens is 390 g/mol. The molecule has 0 bridgehead atoms. The number of benzene rings is 2. The molecule has 0 radical (unpaired) electrons. The van der Waals surface area contributed by atoms with Crippen LogP contribution in [0.3, 0.4) is 0 Å². The maximum absolute atomic E-state index is 3.40. The Hall–Kier alpha value is -3.07. The van der Waals surface area contributed by atoms with E-state index in [4.69, 9.17) is 0 Å². The second kappa shape index (κ2) is 11.5. The van der Waals surface area contributed by atoms with Crippen molar-refractivity contribution in [2.45, 2.75) is 34.6 Å². The monoisotopic (exact) mass is 428 g/mol. The minimum absolute atomic E-state index is 0.926. The minimum Gasteiger partial charge on any atom is -0.385 e. The van der Waals surface area contributed by atoms with Crippen LogP contribution in [0.15, 0.2) is 78.4 Å². The lowest BCUT2D eigenvalue weighted by Gasteiger charge is -2.22. The molecule has 3 rings (SSSR count). The number of rotatable bonds is 9. The standard InChI is InChI=1S/C29H37N3/c1-6-30-26-17-11-23(12-18-26)29(24-13-19-27(20-14-24)31(7-2)8-3)25-15-21-28(22-16-25)32(9-4)10-5/h11-22H,6-10H2,1-5H3/p+1. The fraction of sp³-hybridized carbons (Fsp3) is 0.345. The van der Waals surface area contributed by atoms with Crippen molar-refractivity contribution < 1.29 is 4.58 Å². The second-order valence-corrected chi connectivity index (χ2v) is 7.92. The van der Waals surface area contributed by atoms with Crippen LogP contribution < -0.4 is 10.2 Å². The number of allylic oxidation sites excluding steroid dienone is 5.